The Morgan fingerprint density at radius 2 is 1.77 bits per heavy atom. The molecular weight excluding hydrogens is 334 g/mol. The highest BCUT2D eigenvalue weighted by Crippen LogP contribution is 2.25. The Morgan fingerprint density at radius 3 is 2.46 bits per heavy atom. The van der Waals surface area contributed by atoms with Gasteiger partial charge in [0.1, 0.15) is 0 Å². The molecule has 1 unspecified atom stereocenters. The van der Waals surface area contributed by atoms with Crippen LogP contribution in [0.2, 0.25) is 0 Å². The number of ether oxygens (including phenoxy) is 3. The topological polar surface area (TPSA) is 63.3 Å². The molecule has 7 heteroatoms. The fraction of sp³-hybridized carbons (Fsp3) is 0.947. The van der Waals surface area contributed by atoms with Gasteiger partial charge in [-0.15, -0.1) is 0 Å². The third-order valence-electron chi connectivity index (χ3n) is 5.41. The summed E-state index contributed by atoms with van der Waals surface area (Å²) in [6, 6.07) is 0. The predicted molar refractivity (Wildman–Crippen MR) is 98.9 cm³/mol. The van der Waals surface area contributed by atoms with Crippen molar-refractivity contribution < 1.29 is 19.0 Å². The van der Waals surface area contributed by atoms with Crippen LogP contribution in [-0.4, -0.2) is 93.7 Å². The summed E-state index contributed by atoms with van der Waals surface area (Å²) in [5.41, 5.74) is 0. The zero-order valence-electron chi connectivity index (χ0n) is 16.3. The molecule has 150 valence electrons. The van der Waals surface area contributed by atoms with Crippen molar-refractivity contribution in [2.24, 2.45) is 11.8 Å². The van der Waals surface area contributed by atoms with Crippen molar-refractivity contribution in [3.05, 3.63) is 0 Å². The van der Waals surface area contributed by atoms with Crippen molar-refractivity contribution in [3.8, 4) is 0 Å². The number of nitrogens with zero attached hydrogens (tertiary/aromatic N) is 2. The highest BCUT2D eigenvalue weighted by molar-refractivity contribution is 5.78. The maximum Gasteiger partial charge on any atom is 0.234 e. The first-order valence-corrected chi connectivity index (χ1v) is 10.2. The van der Waals surface area contributed by atoms with Crippen molar-refractivity contribution in [1.82, 2.24) is 15.1 Å². The van der Waals surface area contributed by atoms with E-state index >= 15 is 0 Å². The number of likely N-dealkylation sites (tertiary alicyclic amines) is 1. The predicted octanol–water partition coefficient (Wildman–Crippen LogP) is 0.544. The highest BCUT2D eigenvalue weighted by Gasteiger charge is 2.31. The minimum atomic E-state index is -0.0248. The number of piperidine rings is 1. The van der Waals surface area contributed by atoms with Gasteiger partial charge in [0.25, 0.3) is 0 Å². The van der Waals surface area contributed by atoms with Crippen LogP contribution in [-0.2, 0) is 19.0 Å². The lowest BCUT2D eigenvalue weighted by Crippen LogP contribution is -2.50. The summed E-state index contributed by atoms with van der Waals surface area (Å²) in [6.45, 7) is 12.6. The molecule has 7 nitrogen and oxygen atoms in total. The van der Waals surface area contributed by atoms with Gasteiger partial charge in [-0.25, -0.2) is 0 Å². The second-order valence-corrected chi connectivity index (χ2v) is 8.17. The van der Waals surface area contributed by atoms with E-state index in [1.807, 2.05) is 0 Å². The lowest BCUT2D eigenvalue weighted by Gasteiger charge is -2.35. The molecule has 0 saturated carbocycles. The molecule has 3 fully saturated rings. The summed E-state index contributed by atoms with van der Waals surface area (Å²) in [4.78, 5) is 16.9. The number of hydrogen-bond donors (Lipinski definition) is 1. The zero-order chi connectivity index (χ0) is 18.4. The molecule has 0 aromatic rings. The number of morpholine rings is 1. The SMILES string of the molecule is CC(C)CN1CCOC(CNC(=O)CN2CCC(C3OCCO3)CC2)C1. The monoisotopic (exact) mass is 369 g/mol. The molecule has 0 spiro atoms. The highest BCUT2D eigenvalue weighted by atomic mass is 16.7. The van der Waals surface area contributed by atoms with E-state index < -0.39 is 0 Å². The third-order valence-corrected chi connectivity index (χ3v) is 5.41. The summed E-state index contributed by atoms with van der Waals surface area (Å²) in [5, 5.41) is 3.06. The van der Waals surface area contributed by atoms with Gasteiger partial charge < -0.3 is 19.5 Å². The van der Waals surface area contributed by atoms with Gasteiger partial charge in [-0.05, 0) is 31.8 Å². The van der Waals surface area contributed by atoms with Crippen molar-refractivity contribution in [1.29, 1.82) is 0 Å². The van der Waals surface area contributed by atoms with E-state index in [0.29, 0.717) is 38.1 Å². The Morgan fingerprint density at radius 1 is 1.04 bits per heavy atom. The van der Waals surface area contributed by atoms with Crippen molar-refractivity contribution >= 4 is 5.91 Å². The van der Waals surface area contributed by atoms with Gasteiger partial charge in [0.05, 0.1) is 32.5 Å². The average Bonchev–Trinajstić information content (AvgIpc) is 3.15. The number of nitrogens with one attached hydrogen (secondary N) is 1. The fourth-order valence-corrected chi connectivity index (χ4v) is 4.10. The normalized spacial score (nSPS) is 27.3. The van der Waals surface area contributed by atoms with Crippen LogP contribution in [0.3, 0.4) is 0 Å². The number of rotatable bonds is 7. The molecule has 0 aromatic heterocycles. The van der Waals surface area contributed by atoms with E-state index in [0.717, 1.165) is 52.2 Å². The molecule has 3 aliphatic heterocycles. The fourth-order valence-electron chi connectivity index (χ4n) is 4.10. The largest absolute Gasteiger partial charge is 0.374 e. The first-order valence-electron chi connectivity index (χ1n) is 10.2. The smallest absolute Gasteiger partial charge is 0.234 e. The van der Waals surface area contributed by atoms with Crippen molar-refractivity contribution in [2.75, 3.05) is 65.6 Å². The van der Waals surface area contributed by atoms with Crippen molar-refractivity contribution in [2.45, 2.75) is 39.1 Å². The first kappa shape index (κ1) is 20.0. The molecule has 3 heterocycles. The summed E-state index contributed by atoms with van der Waals surface area (Å²) in [6.07, 6.45) is 2.15. The molecule has 1 atom stereocenters. The Labute approximate surface area is 157 Å². The van der Waals surface area contributed by atoms with E-state index in [9.17, 15) is 4.79 Å². The van der Waals surface area contributed by atoms with Crippen LogP contribution >= 0.6 is 0 Å². The van der Waals surface area contributed by atoms with Crippen LogP contribution in [0.5, 0.6) is 0 Å². The van der Waals surface area contributed by atoms with Crippen LogP contribution in [0, 0.1) is 11.8 Å². The van der Waals surface area contributed by atoms with Gasteiger partial charge in [0, 0.05) is 32.1 Å². The summed E-state index contributed by atoms with van der Waals surface area (Å²) in [7, 11) is 0. The molecule has 26 heavy (non-hydrogen) atoms. The average molecular weight is 370 g/mol. The standard InChI is InChI=1S/C19H35N3O4/c1-15(2)12-22-7-8-24-17(13-22)11-20-18(23)14-21-5-3-16(4-6-21)19-25-9-10-26-19/h15-17,19H,3-14H2,1-2H3,(H,20,23). The van der Waals surface area contributed by atoms with Gasteiger partial charge in [0.2, 0.25) is 5.91 Å². The Balaban J connectivity index is 1.30. The van der Waals surface area contributed by atoms with Gasteiger partial charge in [-0.2, -0.15) is 0 Å². The van der Waals surface area contributed by atoms with Crippen LogP contribution in [0.4, 0.5) is 0 Å². The van der Waals surface area contributed by atoms with Gasteiger partial charge in [-0.3, -0.25) is 14.6 Å². The van der Waals surface area contributed by atoms with E-state index in [-0.39, 0.29) is 18.3 Å². The maximum absolute atomic E-state index is 12.3. The van der Waals surface area contributed by atoms with Crippen molar-refractivity contribution in [3.63, 3.8) is 0 Å². The summed E-state index contributed by atoms with van der Waals surface area (Å²) in [5.74, 6) is 1.23. The van der Waals surface area contributed by atoms with E-state index in [1.54, 1.807) is 0 Å². The minimum Gasteiger partial charge on any atom is -0.374 e. The molecule has 0 bridgehead atoms. The zero-order valence-corrected chi connectivity index (χ0v) is 16.3. The maximum atomic E-state index is 12.3. The second kappa shape index (κ2) is 9.99. The molecule has 3 saturated heterocycles. The van der Waals surface area contributed by atoms with Crippen LogP contribution in [0.1, 0.15) is 26.7 Å². The molecule has 0 aromatic carbocycles. The molecular formula is C19H35N3O4. The molecule has 3 aliphatic rings. The van der Waals surface area contributed by atoms with E-state index in [4.69, 9.17) is 14.2 Å². The summed E-state index contributed by atoms with van der Waals surface area (Å²) < 4.78 is 17.0. The quantitative estimate of drug-likeness (QED) is 0.707. The number of hydrogen-bond acceptors (Lipinski definition) is 6. The number of carbonyl (C=O) groups is 1. The molecule has 0 radical (unpaired) electrons. The molecule has 0 aliphatic carbocycles. The number of carbonyl (C=O) groups excluding carboxylic acids is 1. The minimum absolute atomic E-state index is 0.0248. The third kappa shape index (κ3) is 6.16. The molecule has 1 N–H and O–H groups in total. The molecule has 3 rings (SSSR count). The Bertz CT molecular complexity index is 435. The van der Waals surface area contributed by atoms with Gasteiger partial charge in [0.15, 0.2) is 6.29 Å². The van der Waals surface area contributed by atoms with Crippen LogP contribution in [0.25, 0.3) is 0 Å². The van der Waals surface area contributed by atoms with E-state index in [2.05, 4.69) is 29.0 Å². The molecule has 1 amide bonds. The second-order valence-electron chi connectivity index (χ2n) is 8.17. The van der Waals surface area contributed by atoms with Gasteiger partial charge >= 0.3 is 0 Å². The first-order chi connectivity index (χ1) is 12.6. The lowest BCUT2D eigenvalue weighted by atomic mass is 9.96. The van der Waals surface area contributed by atoms with Gasteiger partial charge in [-0.1, -0.05) is 13.8 Å². The Kier molecular flexibility index (Phi) is 7.69. The Hall–Kier alpha value is -0.730. The van der Waals surface area contributed by atoms with Crippen LogP contribution in [0.15, 0.2) is 0 Å². The lowest BCUT2D eigenvalue weighted by molar-refractivity contribution is -0.125. The van der Waals surface area contributed by atoms with E-state index in [1.165, 1.54) is 0 Å². The number of amides is 1. The summed E-state index contributed by atoms with van der Waals surface area (Å²) >= 11 is 0. The van der Waals surface area contributed by atoms with Crippen LogP contribution < -0.4 is 5.32 Å².